The fourth-order valence-corrected chi connectivity index (χ4v) is 2.27. The van der Waals surface area contributed by atoms with E-state index in [4.69, 9.17) is 4.74 Å². The predicted molar refractivity (Wildman–Crippen MR) is 92.9 cm³/mol. The van der Waals surface area contributed by atoms with Crippen molar-refractivity contribution in [2.75, 3.05) is 7.11 Å². The number of hydrogen-bond donors (Lipinski definition) is 3. The van der Waals surface area contributed by atoms with Gasteiger partial charge in [-0.15, -0.1) is 0 Å². The summed E-state index contributed by atoms with van der Waals surface area (Å²) in [6.07, 6.45) is 2.38. The second-order valence-corrected chi connectivity index (χ2v) is 5.02. The highest BCUT2D eigenvalue weighted by molar-refractivity contribution is 5.80. The van der Waals surface area contributed by atoms with Gasteiger partial charge in [0, 0.05) is 0 Å². The number of aromatic nitrogens is 4. The van der Waals surface area contributed by atoms with Crippen LogP contribution in [0.4, 0.5) is 0 Å². The number of aromatic amines is 2. The lowest BCUT2D eigenvalue weighted by Gasteiger charge is -2.02. The summed E-state index contributed by atoms with van der Waals surface area (Å²) in [7, 11) is 1.57. The lowest BCUT2D eigenvalue weighted by atomic mass is 10.3. The highest BCUT2D eigenvalue weighted by atomic mass is 16.5. The quantitative estimate of drug-likeness (QED) is 0.484. The molecule has 0 saturated heterocycles. The number of nitrogens with zero attached hydrogens (tertiary/aromatic N) is 2. The summed E-state index contributed by atoms with van der Waals surface area (Å²) in [6.45, 7) is 0. The van der Waals surface area contributed by atoms with Crippen LogP contribution < -0.4 is 15.9 Å². The van der Waals surface area contributed by atoms with Crippen molar-refractivity contribution >= 4 is 22.1 Å². The van der Waals surface area contributed by atoms with Gasteiger partial charge in [0.1, 0.15) is 22.5 Å². The number of nitrogens with one attached hydrogen (secondary N) is 2. The minimum Gasteiger partial charge on any atom is -0.506 e. The van der Waals surface area contributed by atoms with Gasteiger partial charge in [-0.1, -0.05) is 12.1 Å². The van der Waals surface area contributed by atoms with Crippen molar-refractivity contribution in [1.82, 2.24) is 19.9 Å². The Labute approximate surface area is 140 Å². The Morgan fingerprint density at radius 3 is 2.08 bits per heavy atom. The minimum absolute atomic E-state index is 0.0729. The average Bonchev–Trinajstić information content (AvgIpc) is 2.61. The van der Waals surface area contributed by atoms with Crippen LogP contribution in [0.1, 0.15) is 0 Å². The van der Waals surface area contributed by atoms with Crippen LogP contribution in [0.3, 0.4) is 0 Å². The van der Waals surface area contributed by atoms with Crippen LogP contribution >= 0.6 is 0 Å². The molecule has 3 N–H and O–H groups in total. The number of rotatable bonds is 1. The van der Waals surface area contributed by atoms with E-state index >= 15 is 0 Å². The zero-order valence-electron chi connectivity index (χ0n) is 13.2. The molecule has 0 bridgehead atoms. The van der Waals surface area contributed by atoms with E-state index in [1.165, 1.54) is 12.3 Å². The molecule has 0 saturated carbocycles. The number of aromatic hydroxyl groups is 1. The smallest absolute Gasteiger partial charge is 0.266 e. The summed E-state index contributed by atoms with van der Waals surface area (Å²) in [5, 5.41) is 9.28. The van der Waals surface area contributed by atoms with E-state index < -0.39 is 0 Å². The van der Waals surface area contributed by atoms with Crippen LogP contribution in [0.5, 0.6) is 11.5 Å². The normalized spacial score (nSPS) is 10.3. The monoisotopic (exact) mass is 338 g/mol. The third-order valence-electron chi connectivity index (χ3n) is 3.37. The van der Waals surface area contributed by atoms with Crippen LogP contribution in [0.15, 0.2) is 58.4 Å². The fourth-order valence-electron chi connectivity index (χ4n) is 2.27. The highest BCUT2D eigenvalue weighted by Crippen LogP contribution is 2.19. The number of para-hydroxylation sites is 2. The van der Waals surface area contributed by atoms with Crippen LogP contribution in [-0.4, -0.2) is 32.2 Å². The number of phenolic OH excluding ortho intramolecular Hbond substituents is 1. The Kier molecular flexibility index (Phi) is 4.42. The zero-order chi connectivity index (χ0) is 17.8. The minimum atomic E-state index is -0.270. The third kappa shape index (κ3) is 3.47. The maximum Gasteiger partial charge on any atom is 0.266 e. The van der Waals surface area contributed by atoms with Crippen LogP contribution in [0, 0.1) is 0 Å². The first kappa shape index (κ1) is 16.2. The zero-order valence-corrected chi connectivity index (χ0v) is 13.2. The first-order chi connectivity index (χ1) is 12.1. The van der Waals surface area contributed by atoms with Crippen molar-refractivity contribution in [2.45, 2.75) is 0 Å². The molecule has 0 atom stereocenters. The van der Waals surface area contributed by atoms with Crippen molar-refractivity contribution < 1.29 is 9.84 Å². The Bertz CT molecular complexity index is 1150. The summed E-state index contributed by atoms with van der Waals surface area (Å²) in [6, 6.07) is 10.2. The van der Waals surface area contributed by atoms with Gasteiger partial charge < -0.3 is 19.8 Å². The number of hydrogen-bond acceptors (Lipinski definition) is 6. The second-order valence-electron chi connectivity index (χ2n) is 5.02. The lowest BCUT2D eigenvalue weighted by molar-refractivity contribution is 0.419. The first-order valence-electron chi connectivity index (χ1n) is 7.27. The van der Waals surface area contributed by atoms with Crippen molar-refractivity contribution in [2.24, 2.45) is 0 Å². The number of ether oxygens (including phenoxy) is 1. The molecule has 0 spiro atoms. The fraction of sp³-hybridized carbons (Fsp3) is 0.0588. The molecule has 2 aromatic heterocycles. The number of phenols is 1. The van der Waals surface area contributed by atoms with E-state index in [0.717, 1.165) is 6.20 Å². The van der Waals surface area contributed by atoms with Crippen LogP contribution in [0.25, 0.3) is 22.1 Å². The van der Waals surface area contributed by atoms with Gasteiger partial charge in [0.15, 0.2) is 0 Å². The third-order valence-corrected chi connectivity index (χ3v) is 3.37. The SMILES string of the molecule is COc1cccc2[nH]c(=O)cnc12.O=c1cnc2c(O)cccc2[nH]1. The molecule has 8 nitrogen and oxygen atoms in total. The number of methoxy groups -OCH3 is 1. The van der Waals surface area contributed by atoms with Gasteiger partial charge in [-0.25, -0.2) is 9.97 Å². The standard InChI is InChI=1S/C9H8N2O2.C8H6N2O2/c1-13-7-4-2-3-6-9(7)10-5-8(12)11-6;11-6-3-1-2-5-8(6)9-4-7(12)10-5/h2-5H,1H3,(H,11,12);1-4,11H,(H,10,12). The maximum absolute atomic E-state index is 10.9. The summed E-state index contributed by atoms with van der Waals surface area (Å²) < 4.78 is 5.08. The summed E-state index contributed by atoms with van der Waals surface area (Å²) in [5.41, 5.74) is 1.84. The number of H-pyrrole nitrogens is 2. The Morgan fingerprint density at radius 2 is 1.44 bits per heavy atom. The molecule has 25 heavy (non-hydrogen) atoms. The molecule has 8 heteroatoms. The second kappa shape index (κ2) is 6.83. The molecule has 0 aliphatic carbocycles. The molecule has 0 radical (unpaired) electrons. The van der Waals surface area contributed by atoms with Gasteiger partial charge in [-0.05, 0) is 24.3 Å². The van der Waals surface area contributed by atoms with Gasteiger partial charge >= 0.3 is 0 Å². The number of fused-ring (bicyclic) bond motifs is 2. The van der Waals surface area contributed by atoms with Crippen molar-refractivity contribution in [1.29, 1.82) is 0 Å². The summed E-state index contributed by atoms with van der Waals surface area (Å²) in [4.78, 5) is 34.7. The molecule has 4 aromatic rings. The summed E-state index contributed by atoms with van der Waals surface area (Å²) in [5.74, 6) is 0.734. The van der Waals surface area contributed by atoms with Crippen molar-refractivity contribution in [3.05, 3.63) is 69.5 Å². The lowest BCUT2D eigenvalue weighted by Crippen LogP contribution is -2.05. The average molecular weight is 338 g/mol. The van der Waals surface area contributed by atoms with E-state index in [2.05, 4.69) is 19.9 Å². The molecule has 0 unspecified atom stereocenters. The molecule has 0 aliphatic rings. The molecule has 126 valence electrons. The van der Waals surface area contributed by atoms with Gasteiger partial charge in [0.05, 0.1) is 30.5 Å². The van der Waals surface area contributed by atoms with E-state index in [-0.39, 0.29) is 16.9 Å². The van der Waals surface area contributed by atoms with Gasteiger partial charge in [-0.2, -0.15) is 0 Å². The van der Waals surface area contributed by atoms with E-state index in [1.54, 1.807) is 37.4 Å². The Morgan fingerprint density at radius 1 is 0.880 bits per heavy atom. The van der Waals surface area contributed by atoms with E-state index in [1.807, 2.05) is 0 Å². The van der Waals surface area contributed by atoms with E-state index in [0.29, 0.717) is 27.8 Å². The van der Waals surface area contributed by atoms with E-state index in [9.17, 15) is 14.7 Å². The first-order valence-corrected chi connectivity index (χ1v) is 7.27. The largest absolute Gasteiger partial charge is 0.506 e. The topological polar surface area (TPSA) is 121 Å². The van der Waals surface area contributed by atoms with Crippen LogP contribution in [-0.2, 0) is 0 Å². The van der Waals surface area contributed by atoms with Gasteiger partial charge in [0.25, 0.3) is 11.1 Å². The van der Waals surface area contributed by atoms with Crippen molar-refractivity contribution in [3.8, 4) is 11.5 Å². The summed E-state index contributed by atoms with van der Waals surface area (Å²) >= 11 is 0. The Hall–Kier alpha value is -3.68. The molecular weight excluding hydrogens is 324 g/mol. The molecule has 0 amide bonds. The van der Waals surface area contributed by atoms with Gasteiger partial charge in [-0.3, -0.25) is 9.59 Å². The molecule has 0 aliphatic heterocycles. The van der Waals surface area contributed by atoms with Gasteiger partial charge in [0.2, 0.25) is 0 Å². The highest BCUT2D eigenvalue weighted by Gasteiger charge is 2.01. The predicted octanol–water partition coefficient (Wildman–Crippen LogP) is 1.56. The molecule has 0 fully saturated rings. The molecule has 2 aromatic carbocycles. The molecule has 4 rings (SSSR count). The van der Waals surface area contributed by atoms with Crippen LogP contribution in [0.2, 0.25) is 0 Å². The molecular formula is C17H14N4O4. The molecule has 2 heterocycles. The maximum atomic E-state index is 10.9. The van der Waals surface area contributed by atoms with Crippen molar-refractivity contribution in [3.63, 3.8) is 0 Å². The number of benzene rings is 2. The Balaban J connectivity index is 0.000000146.